The lowest BCUT2D eigenvalue weighted by molar-refractivity contribution is 0.670. The molecule has 3 heterocycles. The number of benzene rings is 8. The molecule has 0 spiro atoms. The van der Waals surface area contributed by atoms with Gasteiger partial charge in [0.05, 0.1) is 11.0 Å². The van der Waals surface area contributed by atoms with E-state index < -0.39 is 0 Å². The molecule has 11 rings (SSSR count). The summed E-state index contributed by atoms with van der Waals surface area (Å²) in [6.07, 6.45) is 0. The SMILES string of the molecule is c1ccc(-c2nc(-c3ccccc3)nc(-c3ccc(-c4cccc(-n5c6ccccc6c6cc(-c7cccc8c7oc7ccccc78)ccc65)c4)cc3)n2)cc1. The standard InChI is InChI=1S/C51H32N4O/c1-3-13-34(14-4-1)49-52-50(35-15-5-2-6-16-35)54-51(53-49)36-27-25-33(26-28-36)37-17-11-18-39(31-37)55-45-23-9-7-19-41(45)44-32-38(29-30-46(44)55)40-21-12-22-43-42-20-8-10-24-47(42)56-48(40)43/h1-32H. The number of nitrogens with zero attached hydrogens (tertiary/aromatic N) is 4. The molecule has 0 aliphatic heterocycles. The van der Waals surface area contributed by atoms with Crippen LogP contribution in [-0.4, -0.2) is 19.5 Å². The Bertz CT molecular complexity index is 3180. The zero-order chi connectivity index (χ0) is 37.0. The van der Waals surface area contributed by atoms with Crippen LogP contribution < -0.4 is 0 Å². The quantitative estimate of drug-likeness (QED) is 0.172. The topological polar surface area (TPSA) is 56.7 Å². The maximum absolute atomic E-state index is 6.43. The summed E-state index contributed by atoms with van der Waals surface area (Å²) in [6.45, 7) is 0. The third-order valence-corrected chi connectivity index (χ3v) is 10.7. The van der Waals surface area contributed by atoms with Crippen molar-refractivity contribution in [3.8, 4) is 62.1 Å². The average Bonchev–Trinajstić information content (AvgIpc) is 3.83. The Balaban J connectivity index is 0.979. The third kappa shape index (κ3) is 5.37. The summed E-state index contributed by atoms with van der Waals surface area (Å²) in [4.78, 5) is 14.7. The third-order valence-electron chi connectivity index (χ3n) is 10.7. The van der Waals surface area contributed by atoms with Crippen molar-refractivity contribution in [2.24, 2.45) is 0 Å². The van der Waals surface area contributed by atoms with Crippen LogP contribution in [0.2, 0.25) is 0 Å². The Kier molecular flexibility index (Phi) is 7.42. The lowest BCUT2D eigenvalue weighted by Crippen LogP contribution is -2.00. The van der Waals surface area contributed by atoms with Crippen molar-refractivity contribution in [1.82, 2.24) is 19.5 Å². The molecule has 0 radical (unpaired) electrons. The minimum atomic E-state index is 0.638. The molecule has 0 fully saturated rings. The summed E-state index contributed by atoms with van der Waals surface area (Å²) in [6, 6.07) is 67.5. The molecule has 3 aromatic heterocycles. The molecule has 56 heavy (non-hydrogen) atoms. The minimum Gasteiger partial charge on any atom is -0.455 e. The smallest absolute Gasteiger partial charge is 0.164 e. The van der Waals surface area contributed by atoms with E-state index in [1.54, 1.807) is 0 Å². The van der Waals surface area contributed by atoms with Crippen LogP contribution in [0, 0.1) is 0 Å². The van der Waals surface area contributed by atoms with E-state index in [-0.39, 0.29) is 0 Å². The van der Waals surface area contributed by atoms with Gasteiger partial charge >= 0.3 is 0 Å². The highest BCUT2D eigenvalue weighted by Gasteiger charge is 2.17. The maximum Gasteiger partial charge on any atom is 0.164 e. The fourth-order valence-electron chi connectivity index (χ4n) is 7.97. The molecule has 0 amide bonds. The van der Waals surface area contributed by atoms with Gasteiger partial charge in [0.1, 0.15) is 11.2 Å². The number of aromatic nitrogens is 4. The van der Waals surface area contributed by atoms with Crippen LogP contribution >= 0.6 is 0 Å². The highest BCUT2D eigenvalue weighted by Crippen LogP contribution is 2.40. The summed E-state index contributed by atoms with van der Waals surface area (Å²) in [5.41, 5.74) is 12.5. The summed E-state index contributed by atoms with van der Waals surface area (Å²) in [5, 5.41) is 4.67. The first kappa shape index (κ1) is 31.9. The first-order valence-corrected chi connectivity index (χ1v) is 18.8. The van der Waals surface area contributed by atoms with Crippen molar-refractivity contribution in [3.63, 3.8) is 0 Å². The summed E-state index contributed by atoms with van der Waals surface area (Å²) >= 11 is 0. The molecule has 0 N–H and O–H groups in total. The molecule has 262 valence electrons. The fraction of sp³-hybridized carbons (Fsp3) is 0. The lowest BCUT2D eigenvalue weighted by atomic mass is 10.0. The summed E-state index contributed by atoms with van der Waals surface area (Å²) in [5.74, 6) is 1.94. The van der Waals surface area contributed by atoms with E-state index in [1.807, 2.05) is 72.8 Å². The number of hydrogen-bond donors (Lipinski definition) is 0. The molecule has 5 heteroatoms. The van der Waals surface area contributed by atoms with Gasteiger partial charge in [-0.2, -0.15) is 0 Å². The Hall–Kier alpha value is -7.63. The molecule has 0 bridgehead atoms. The van der Waals surface area contributed by atoms with Crippen molar-refractivity contribution in [2.45, 2.75) is 0 Å². The Labute approximate surface area is 322 Å². The number of furan rings is 1. The molecule has 0 aliphatic carbocycles. The second-order valence-electron chi connectivity index (χ2n) is 14.0. The normalized spacial score (nSPS) is 11.6. The Morgan fingerprint density at radius 3 is 1.61 bits per heavy atom. The van der Waals surface area contributed by atoms with Gasteiger partial charge < -0.3 is 8.98 Å². The van der Waals surface area contributed by atoms with E-state index in [0.717, 1.165) is 77.6 Å². The van der Waals surface area contributed by atoms with Crippen molar-refractivity contribution in [3.05, 3.63) is 194 Å². The van der Waals surface area contributed by atoms with Gasteiger partial charge in [0.15, 0.2) is 17.5 Å². The maximum atomic E-state index is 6.43. The van der Waals surface area contributed by atoms with Crippen LogP contribution in [-0.2, 0) is 0 Å². The second kappa shape index (κ2) is 13.0. The molecule has 8 aromatic carbocycles. The Morgan fingerprint density at radius 1 is 0.339 bits per heavy atom. The molecule has 0 aliphatic rings. The van der Waals surface area contributed by atoms with Gasteiger partial charge in [-0.15, -0.1) is 0 Å². The second-order valence-corrected chi connectivity index (χ2v) is 14.0. The Morgan fingerprint density at radius 2 is 0.875 bits per heavy atom. The van der Waals surface area contributed by atoms with Gasteiger partial charge in [-0.3, -0.25) is 0 Å². The monoisotopic (exact) mass is 716 g/mol. The van der Waals surface area contributed by atoms with Gasteiger partial charge in [-0.25, -0.2) is 15.0 Å². The molecule has 0 saturated carbocycles. The minimum absolute atomic E-state index is 0.638. The van der Waals surface area contributed by atoms with E-state index in [4.69, 9.17) is 19.4 Å². The molecule has 11 aromatic rings. The van der Waals surface area contributed by atoms with Crippen LogP contribution in [0.4, 0.5) is 0 Å². The van der Waals surface area contributed by atoms with E-state index in [1.165, 1.54) is 10.8 Å². The molecular weight excluding hydrogens is 685 g/mol. The zero-order valence-electron chi connectivity index (χ0n) is 30.2. The van der Waals surface area contributed by atoms with Crippen LogP contribution in [0.25, 0.3) is 106 Å². The lowest BCUT2D eigenvalue weighted by Gasteiger charge is -2.11. The highest BCUT2D eigenvalue weighted by atomic mass is 16.3. The summed E-state index contributed by atoms with van der Waals surface area (Å²) in [7, 11) is 0. The van der Waals surface area contributed by atoms with Crippen molar-refractivity contribution in [2.75, 3.05) is 0 Å². The van der Waals surface area contributed by atoms with Gasteiger partial charge in [0.25, 0.3) is 0 Å². The number of hydrogen-bond acceptors (Lipinski definition) is 4. The van der Waals surface area contributed by atoms with E-state index in [9.17, 15) is 0 Å². The first-order chi connectivity index (χ1) is 27.7. The van der Waals surface area contributed by atoms with E-state index in [2.05, 4.69) is 126 Å². The van der Waals surface area contributed by atoms with Crippen molar-refractivity contribution < 1.29 is 4.42 Å². The van der Waals surface area contributed by atoms with Gasteiger partial charge in [-0.05, 0) is 53.1 Å². The molecular formula is C51H32N4O. The van der Waals surface area contributed by atoms with Crippen LogP contribution in [0.15, 0.2) is 199 Å². The summed E-state index contributed by atoms with van der Waals surface area (Å²) < 4.78 is 8.80. The predicted octanol–water partition coefficient (Wildman–Crippen LogP) is 13.2. The van der Waals surface area contributed by atoms with Gasteiger partial charge in [0, 0.05) is 49.5 Å². The molecule has 0 atom stereocenters. The number of fused-ring (bicyclic) bond motifs is 6. The molecule has 5 nitrogen and oxygen atoms in total. The van der Waals surface area contributed by atoms with E-state index in [0.29, 0.717) is 17.5 Å². The van der Waals surface area contributed by atoms with Crippen LogP contribution in [0.3, 0.4) is 0 Å². The van der Waals surface area contributed by atoms with Crippen molar-refractivity contribution in [1.29, 1.82) is 0 Å². The predicted molar refractivity (Wildman–Crippen MR) is 229 cm³/mol. The first-order valence-electron chi connectivity index (χ1n) is 18.8. The largest absolute Gasteiger partial charge is 0.455 e. The highest BCUT2D eigenvalue weighted by molar-refractivity contribution is 6.13. The van der Waals surface area contributed by atoms with Crippen LogP contribution in [0.1, 0.15) is 0 Å². The van der Waals surface area contributed by atoms with Crippen LogP contribution in [0.5, 0.6) is 0 Å². The van der Waals surface area contributed by atoms with Gasteiger partial charge in [-0.1, -0.05) is 158 Å². The molecule has 0 unspecified atom stereocenters. The average molecular weight is 717 g/mol. The van der Waals surface area contributed by atoms with Gasteiger partial charge in [0.2, 0.25) is 0 Å². The number of rotatable bonds is 6. The van der Waals surface area contributed by atoms with E-state index >= 15 is 0 Å². The zero-order valence-corrected chi connectivity index (χ0v) is 30.2. The fourth-order valence-corrected chi connectivity index (χ4v) is 7.97. The number of para-hydroxylation sites is 3. The molecule has 0 saturated heterocycles. The van der Waals surface area contributed by atoms with Crippen molar-refractivity contribution >= 4 is 43.7 Å².